The lowest BCUT2D eigenvalue weighted by Gasteiger charge is -2.30. The Bertz CT molecular complexity index is 628. The van der Waals surface area contributed by atoms with Crippen molar-refractivity contribution in [2.75, 3.05) is 7.11 Å². The van der Waals surface area contributed by atoms with Crippen molar-refractivity contribution >= 4 is 10.8 Å². The molecule has 0 aliphatic heterocycles. The zero-order chi connectivity index (χ0) is 14.9. The van der Waals surface area contributed by atoms with Gasteiger partial charge in [0.2, 0.25) is 0 Å². The summed E-state index contributed by atoms with van der Waals surface area (Å²) < 4.78 is 5.29. The molecule has 1 unspecified atom stereocenters. The highest BCUT2D eigenvalue weighted by atomic mass is 16.5. The average Bonchev–Trinajstić information content (AvgIpc) is 2.92. The quantitative estimate of drug-likeness (QED) is 0.867. The molecular weight excluding hydrogens is 258 g/mol. The lowest BCUT2D eigenvalue weighted by molar-refractivity contribution is 0.327. The first-order valence-corrected chi connectivity index (χ1v) is 7.95. The molecule has 112 valence electrons. The number of benzene rings is 2. The van der Waals surface area contributed by atoms with E-state index in [2.05, 4.69) is 49.5 Å². The summed E-state index contributed by atoms with van der Waals surface area (Å²) in [6, 6.07) is 13.4. The molecule has 0 heterocycles. The molecule has 0 bridgehead atoms. The topological polar surface area (TPSA) is 21.3 Å². The van der Waals surface area contributed by atoms with Crippen LogP contribution in [0.25, 0.3) is 10.8 Å². The van der Waals surface area contributed by atoms with Crippen molar-refractivity contribution in [1.29, 1.82) is 0 Å². The summed E-state index contributed by atoms with van der Waals surface area (Å²) in [5.74, 6) is 0.917. The highest BCUT2D eigenvalue weighted by molar-refractivity contribution is 5.84. The maximum absolute atomic E-state index is 5.29. The number of hydrogen-bond acceptors (Lipinski definition) is 2. The Kier molecular flexibility index (Phi) is 3.90. The number of hydrogen-bond donors (Lipinski definition) is 1. The predicted molar refractivity (Wildman–Crippen MR) is 88.9 cm³/mol. The van der Waals surface area contributed by atoms with Crippen LogP contribution in [-0.2, 0) is 0 Å². The second-order valence-electron chi connectivity index (χ2n) is 6.61. The second kappa shape index (κ2) is 5.69. The van der Waals surface area contributed by atoms with Crippen molar-refractivity contribution in [2.45, 2.75) is 51.1 Å². The third-order valence-electron chi connectivity index (χ3n) is 4.84. The summed E-state index contributed by atoms with van der Waals surface area (Å²) in [5, 5.41) is 6.34. The SMILES string of the molecule is COc1ccc2cc(C(C)NC3(C)CCCC3)ccc2c1. The van der Waals surface area contributed by atoms with Crippen LogP contribution in [0.3, 0.4) is 0 Å². The molecule has 3 rings (SSSR count). The van der Waals surface area contributed by atoms with Crippen LogP contribution in [0.2, 0.25) is 0 Å². The van der Waals surface area contributed by atoms with Crippen molar-refractivity contribution in [1.82, 2.24) is 5.32 Å². The summed E-state index contributed by atoms with van der Waals surface area (Å²) in [7, 11) is 1.71. The van der Waals surface area contributed by atoms with E-state index < -0.39 is 0 Å². The number of ether oxygens (including phenoxy) is 1. The molecule has 1 N–H and O–H groups in total. The van der Waals surface area contributed by atoms with Gasteiger partial charge in [-0.05, 0) is 61.2 Å². The average molecular weight is 283 g/mol. The van der Waals surface area contributed by atoms with Gasteiger partial charge in [0.15, 0.2) is 0 Å². The van der Waals surface area contributed by atoms with Crippen LogP contribution in [0.5, 0.6) is 5.75 Å². The minimum Gasteiger partial charge on any atom is -0.497 e. The molecule has 1 atom stereocenters. The number of fused-ring (bicyclic) bond motifs is 1. The molecule has 0 spiro atoms. The third-order valence-corrected chi connectivity index (χ3v) is 4.84. The Balaban J connectivity index is 1.83. The maximum Gasteiger partial charge on any atom is 0.119 e. The van der Waals surface area contributed by atoms with E-state index in [0.717, 1.165) is 5.75 Å². The molecule has 1 fully saturated rings. The van der Waals surface area contributed by atoms with E-state index in [-0.39, 0.29) is 0 Å². The first-order chi connectivity index (χ1) is 10.1. The fourth-order valence-electron chi connectivity index (χ4n) is 3.54. The van der Waals surface area contributed by atoms with Gasteiger partial charge < -0.3 is 10.1 Å². The van der Waals surface area contributed by atoms with E-state index in [0.29, 0.717) is 11.6 Å². The molecule has 0 radical (unpaired) electrons. The van der Waals surface area contributed by atoms with Gasteiger partial charge in [-0.25, -0.2) is 0 Å². The van der Waals surface area contributed by atoms with Crippen molar-refractivity contribution in [3.63, 3.8) is 0 Å². The van der Waals surface area contributed by atoms with Gasteiger partial charge in [0, 0.05) is 11.6 Å². The summed E-state index contributed by atoms with van der Waals surface area (Å²) in [4.78, 5) is 0. The number of methoxy groups -OCH3 is 1. The fourth-order valence-corrected chi connectivity index (χ4v) is 3.54. The van der Waals surface area contributed by atoms with Crippen LogP contribution >= 0.6 is 0 Å². The normalized spacial score (nSPS) is 18.8. The minimum atomic E-state index is 0.314. The molecule has 0 amide bonds. The number of nitrogens with one attached hydrogen (secondary N) is 1. The molecule has 21 heavy (non-hydrogen) atoms. The first kappa shape index (κ1) is 14.4. The highest BCUT2D eigenvalue weighted by Gasteiger charge is 2.29. The Morgan fingerprint density at radius 3 is 2.43 bits per heavy atom. The van der Waals surface area contributed by atoms with E-state index in [9.17, 15) is 0 Å². The van der Waals surface area contributed by atoms with Gasteiger partial charge in [0.1, 0.15) is 5.75 Å². The Labute approximate surface area is 127 Å². The molecule has 1 aliphatic rings. The monoisotopic (exact) mass is 283 g/mol. The van der Waals surface area contributed by atoms with Gasteiger partial charge in [0.25, 0.3) is 0 Å². The fraction of sp³-hybridized carbons (Fsp3) is 0.474. The largest absolute Gasteiger partial charge is 0.497 e. The Morgan fingerprint density at radius 2 is 1.71 bits per heavy atom. The van der Waals surface area contributed by atoms with Crippen molar-refractivity contribution in [3.05, 3.63) is 42.0 Å². The smallest absolute Gasteiger partial charge is 0.119 e. The molecule has 0 saturated heterocycles. The molecule has 2 nitrogen and oxygen atoms in total. The van der Waals surface area contributed by atoms with Gasteiger partial charge in [0.05, 0.1) is 7.11 Å². The lowest BCUT2D eigenvalue weighted by Crippen LogP contribution is -2.40. The van der Waals surface area contributed by atoms with Crippen LogP contribution in [0.4, 0.5) is 0 Å². The van der Waals surface area contributed by atoms with E-state index in [1.807, 2.05) is 6.07 Å². The molecule has 1 aliphatic carbocycles. The number of rotatable bonds is 4. The van der Waals surface area contributed by atoms with Crippen molar-refractivity contribution in [3.8, 4) is 5.75 Å². The van der Waals surface area contributed by atoms with Gasteiger partial charge in [-0.15, -0.1) is 0 Å². The molecule has 0 aromatic heterocycles. The Hall–Kier alpha value is -1.54. The van der Waals surface area contributed by atoms with Crippen LogP contribution in [0, 0.1) is 0 Å². The first-order valence-electron chi connectivity index (χ1n) is 7.95. The maximum atomic E-state index is 5.29. The van der Waals surface area contributed by atoms with Crippen molar-refractivity contribution < 1.29 is 4.74 Å². The van der Waals surface area contributed by atoms with Gasteiger partial charge in [-0.1, -0.05) is 31.0 Å². The zero-order valence-electron chi connectivity index (χ0n) is 13.3. The van der Waals surface area contributed by atoms with Crippen LogP contribution < -0.4 is 10.1 Å². The predicted octanol–water partition coefficient (Wildman–Crippen LogP) is 4.83. The van der Waals surface area contributed by atoms with E-state index in [1.54, 1.807) is 7.11 Å². The van der Waals surface area contributed by atoms with Gasteiger partial charge in [-0.2, -0.15) is 0 Å². The zero-order valence-corrected chi connectivity index (χ0v) is 13.3. The van der Waals surface area contributed by atoms with Crippen LogP contribution in [-0.4, -0.2) is 12.6 Å². The minimum absolute atomic E-state index is 0.314. The molecule has 2 heteroatoms. The van der Waals surface area contributed by atoms with Crippen LogP contribution in [0.1, 0.15) is 51.1 Å². The van der Waals surface area contributed by atoms with Gasteiger partial charge >= 0.3 is 0 Å². The summed E-state index contributed by atoms with van der Waals surface area (Å²) >= 11 is 0. The Morgan fingerprint density at radius 1 is 1.05 bits per heavy atom. The molecule has 2 aromatic carbocycles. The summed E-state index contributed by atoms with van der Waals surface area (Å²) in [6.07, 6.45) is 5.30. The molecular formula is C19H25NO. The summed E-state index contributed by atoms with van der Waals surface area (Å²) in [5.41, 5.74) is 1.68. The van der Waals surface area contributed by atoms with Crippen LogP contribution in [0.15, 0.2) is 36.4 Å². The second-order valence-corrected chi connectivity index (χ2v) is 6.61. The summed E-state index contributed by atoms with van der Waals surface area (Å²) in [6.45, 7) is 4.64. The lowest BCUT2D eigenvalue weighted by atomic mass is 9.96. The van der Waals surface area contributed by atoms with Crippen molar-refractivity contribution in [2.24, 2.45) is 0 Å². The standard InChI is InChI=1S/C19H25NO/c1-14(20-19(2)10-4-5-11-19)15-6-7-17-13-18(21-3)9-8-16(17)12-15/h6-9,12-14,20H,4-5,10-11H2,1-3H3. The van der Waals surface area contributed by atoms with E-state index in [4.69, 9.17) is 4.74 Å². The molecule has 1 saturated carbocycles. The highest BCUT2D eigenvalue weighted by Crippen LogP contribution is 2.32. The van der Waals surface area contributed by atoms with E-state index in [1.165, 1.54) is 42.0 Å². The molecule has 2 aromatic rings. The van der Waals surface area contributed by atoms with Gasteiger partial charge in [-0.3, -0.25) is 0 Å². The third kappa shape index (κ3) is 3.06. The van der Waals surface area contributed by atoms with E-state index >= 15 is 0 Å².